The second-order valence-corrected chi connectivity index (χ2v) is 7.35. The molecule has 1 aromatic carbocycles. The summed E-state index contributed by atoms with van der Waals surface area (Å²) in [4.78, 5) is 20.8. The summed E-state index contributed by atoms with van der Waals surface area (Å²) in [6.07, 6.45) is 7.79. The fourth-order valence-electron chi connectivity index (χ4n) is 3.64. The summed E-state index contributed by atoms with van der Waals surface area (Å²) in [7, 11) is 1.91. The molecule has 138 valence electrons. The lowest BCUT2D eigenvalue weighted by Crippen LogP contribution is -2.34. The number of aromatic nitrogens is 1. The molecule has 0 unspecified atom stereocenters. The fraction of sp³-hybridized carbons (Fsp3) is 0.455. The van der Waals surface area contributed by atoms with Crippen LogP contribution in [-0.2, 0) is 17.9 Å². The number of hydrogen-bond donors (Lipinski definition) is 0. The zero-order chi connectivity index (χ0) is 18.2. The van der Waals surface area contributed by atoms with Gasteiger partial charge in [-0.1, -0.05) is 30.3 Å². The molecule has 1 aromatic heterocycles. The highest BCUT2D eigenvalue weighted by Gasteiger charge is 2.20. The molecule has 0 spiro atoms. The summed E-state index contributed by atoms with van der Waals surface area (Å²) in [6, 6.07) is 14.4. The van der Waals surface area contributed by atoms with Gasteiger partial charge in [0.2, 0.25) is 5.91 Å². The van der Waals surface area contributed by atoms with Crippen LogP contribution in [0.15, 0.2) is 54.9 Å². The number of nitrogens with zero attached hydrogens (tertiary/aromatic N) is 3. The summed E-state index contributed by atoms with van der Waals surface area (Å²) < 4.78 is 0. The molecule has 2 heterocycles. The summed E-state index contributed by atoms with van der Waals surface area (Å²) in [5.41, 5.74) is 2.52. The summed E-state index contributed by atoms with van der Waals surface area (Å²) >= 11 is 0. The molecule has 4 heteroatoms. The maximum Gasteiger partial charge on any atom is 0.222 e. The minimum Gasteiger partial charge on any atom is -0.341 e. The van der Waals surface area contributed by atoms with Crippen LogP contribution in [-0.4, -0.2) is 40.8 Å². The van der Waals surface area contributed by atoms with Crippen LogP contribution < -0.4 is 0 Å². The highest BCUT2D eigenvalue weighted by Crippen LogP contribution is 2.23. The molecule has 0 saturated carbocycles. The quantitative estimate of drug-likeness (QED) is 0.762. The first-order chi connectivity index (χ1) is 12.7. The van der Waals surface area contributed by atoms with E-state index in [9.17, 15) is 4.79 Å². The Morgan fingerprint density at radius 2 is 1.77 bits per heavy atom. The van der Waals surface area contributed by atoms with Gasteiger partial charge in [-0.05, 0) is 61.5 Å². The van der Waals surface area contributed by atoms with E-state index in [0.29, 0.717) is 18.9 Å². The Morgan fingerprint density at radius 3 is 2.46 bits per heavy atom. The van der Waals surface area contributed by atoms with Gasteiger partial charge in [0.25, 0.3) is 0 Å². The van der Waals surface area contributed by atoms with Gasteiger partial charge in [0.05, 0.1) is 0 Å². The molecule has 26 heavy (non-hydrogen) atoms. The van der Waals surface area contributed by atoms with Gasteiger partial charge in [0.15, 0.2) is 0 Å². The molecule has 0 atom stereocenters. The molecular formula is C22H29N3O. The second-order valence-electron chi connectivity index (χ2n) is 7.35. The van der Waals surface area contributed by atoms with E-state index >= 15 is 0 Å². The Hall–Kier alpha value is -2.20. The molecule has 1 amide bonds. The molecule has 1 aliphatic heterocycles. The Morgan fingerprint density at radius 1 is 1.08 bits per heavy atom. The normalized spacial score (nSPS) is 15.7. The van der Waals surface area contributed by atoms with Crippen molar-refractivity contribution in [3.05, 3.63) is 66.0 Å². The van der Waals surface area contributed by atoms with Crippen LogP contribution >= 0.6 is 0 Å². The topological polar surface area (TPSA) is 36.4 Å². The second kappa shape index (κ2) is 9.48. The molecule has 1 saturated heterocycles. The number of hydrogen-bond acceptors (Lipinski definition) is 3. The van der Waals surface area contributed by atoms with Crippen molar-refractivity contribution in [3.8, 4) is 0 Å². The average molecular weight is 351 g/mol. The largest absolute Gasteiger partial charge is 0.341 e. The third kappa shape index (κ3) is 5.67. The number of pyridine rings is 1. The van der Waals surface area contributed by atoms with Gasteiger partial charge in [-0.15, -0.1) is 0 Å². The van der Waals surface area contributed by atoms with Crippen molar-refractivity contribution in [2.45, 2.75) is 38.8 Å². The van der Waals surface area contributed by atoms with E-state index in [1.54, 1.807) is 0 Å². The number of rotatable bonds is 7. The smallest absolute Gasteiger partial charge is 0.222 e. The predicted octanol–water partition coefficient (Wildman–Crippen LogP) is 3.73. The van der Waals surface area contributed by atoms with Crippen molar-refractivity contribution in [3.63, 3.8) is 0 Å². The van der Waals surface area contributed by atoms with Crippen molar-refractivity contribution in [2.75, 3.05) is 20.1 Å². The number of carbonyl (C=O) groups is 1. The van der Waals surface area contributed by atoms with Gasteiger partial charge >= 0.3 is 0 Å². The maximum absolute atomic E-state index is 12.4. The van der Waals surface area contributed by atoms with Gasteiger partial charge in [-0.2, -0.15) is 0 Å². The molecule has 1 fully saturated rings. The van der Waals surface area contributed by atoms with Crippen LogP contribution in [0, 0.1) is 5.92 Å². The van der Waals surface area contributed by atoms with E-state index in [-0.39, 0.29) is 5.91 Å². The Bertz CT molecular complexity index is 666. The SMILES string of the molecule is CN(Cc1ccccc1)C(=O)CCC1CCN(Cc2ccncc2)CC1. The maximum atomic E-state index is 12.4. The zero-order valence-corrected chi connectivity index (χ0v) is 15.7. The van der Waals surface area contributed by atoms with Crippen molar-refractivity contribution < 1.29 is 4.79 Å². The van der Waals surface area contributed by atoms with Gasteiger partial charge in [-0.25, -0.2) is 0 Å². The monoisotopic (exact) mass is 351 g/mol. The van der Waals surface area contributed by atoms with Crippen molar-refractivity contribution in [2.24, 2.45) is 5.92 Å². The Labute approximate surface area is 156 Å². The van der Waals surface area contributed by atoms with Gasteiger partial charge in [0, 0.05) is 39.0 Å². The number of carbonyl (C=O) groups excluding carboxylic acids is 1. The third-order valence-corrected chi connectivity index (χ3v) is 5.32. The molecule has 0 N–H and O–H groups in total. The molecule has 3 rings (SSSR count). The van der Waals surface area contributed by atoms with Crippen LogP contribution in [0.1, 0.15) is 36.8 Å². The summed E-state index contributed by atoms with van der Waals surface area (Å²) in [5, 5.41) is 0. The molecule has 1 aliphatic rings. The third-order valence-electron chi connectivity index (χ3n) is 5.32. The minimum atomic E-state index is 0.257. The van der Waals surface area contributed by atoms with E-state index < -0.39 is 0 Å². The molecule has 0 bridgehead atoms. The first-order valence-corrected chi connectivity index (χ1v) is 9.60. The molecule has 4 nitrogen and oxygen atoms in total. The van der Waals surface area contributed by atoms with Crippen LogP contribution in [0.3, 0.4) is 0 Å². The zero-order valence-electron chi connectivity index (χ0n) is 15.7. The van der Waals surface area contributed by atoms with E-state index in [1.807, 2.05) is 42.5 Å². The minimum absolute atomic E-state index is 0.257. The molecule has 0 aliphatic carbocycles. The number of piperidine rings is 1. The van der Waals surface area contributed by atoms with Gasteiger partial charge in [-0.3, -0.25) is 14.7 Å². The van der Waals surface area contributed by atoms with Crippen molar-refractivity contribution >= 4 is 5.91 Å². The Kier molecular flexibility index (Phi) is 6.78. The van der Waals surface area contributed by atoms with E-state index in [0.717, 1.165) is 26.1 Å². The summed E-state index contributed by atoms with van der Waals surface area (Å²) in [6.45, 7) is 3.96. The first kappa shape index (κ1) is 18.6. The average Bonchev–Trinajstić information content (AvgIpc) is 2.69. The van der Waals surface area contributed by atoms with Crippen LogP contribution in [0.25, 0.3) is 0 Å². The van der Waals surface area contributed by atoms with Crippen molar-refractivity contribution in [1.29, 1.82) is 0 Å². The molecule has 2 aromatic rings. The Balaban J connectivity index is 1.36. The highest BCUT2D eigenvalue weighted by molar-refractivity contribution is 5.75. The number of likely N-dealkylation sites (tertiary alicyclic amines) is 1. The lowest BCUT2D eigenvalue weighted by Gasteiger charge is -2.32. The van der Waals surface area contributed by atoms with Gasteiger partial charge < -0.3 is 4.90 Å². The number of benzene rings is 1. The highest BCUT2D eigenvalue weighted by atomic mass is 16.2. The predicted molar refractivity (Wildman–Crippen MR) is 104 cm³/mol. The van der Waals surface area contributed by atoms with E-state index in [1.165, 1.54) is 24.0 Å². The lowest BCUT2D eigenvalue weighted by molar-refractivity contribution is -0.130. The molecule has 0 radical (unpaired) electrons. The van der Waals surface area contributed by atoms with E-state index in [4.69, 9.17) is 0 Å². The lowest BCUT2D eigenvalue weighted by atomic mass is 9.91. The van der Waals surface area contributed by atoms with Crippen LogP contribution in [0.2, 0.25) is 0 Å². The van der Waals surface area contributed by atoms with E-state index in [2.05, 4.69) is 34.1 Å². The molecular weight excluding hydrogens is 322 g/mol. The fourth-order valence-corrected chi connectivity index (χ4v) is 3.64. The van der Waals surface area contributed by atoms with Crippen molar-refractivity contribution in [1.82, 2.24) is 14.8 Å². The standard InChI is InChI=1S/C22H29N3O/c1-24(17-20-5-3-2-4-6-20)22(26)8-7-19-11-15-25(16-12-19)18-21-9-13-23-14-10-21/h2-6,9-10,13-14,19H,7-8,11-12,15-18H2,1H3. The number of amides is 1. The van der Waals surface area contributed by atoms with Crippen LogP contribution in [0.5, 0.6) is 0 Å². The van der Waals surface area contributed by atoms with Gasteiger partial charge in [0.1, 0.15) is 0 Å². The summed E-state index contributed by atoms with van der Waals surface area (Å²) in [5.74, 6) is 0.936. The first-order valence-electron chi connectivity index (χ1n) is 9.60. The van der Waals surface area contributed by atoms with Crippen LogP contribution in [0.4, 0.5) is 0 Å².